The number of para-hydroxylation sites is 1. The summed E-state index contributed by atoms with van der Waals surface area (Å²) in [5, 5.41) is 2.21. The average molecular weight is 1190 g/mol. The minimum Gasteiger partial charge on any atom is -0.509 e. The second-order valence-electron chi connectivity index (χ2n) is 24.4. The van der Waals surface area contributed by atoms with Crippen LogP contribution in [-0.4, -0.2) is 9.55 Å². The molecule has 11 rings (SSSR count). The van der Waals surface area contributed by atoms with Crippen molar-refractivity contribution >= 4 is 44.6 Å². The molecule has 0 saturated carbocycles. The minimum absolute atomic E-state index is 0. The van der Waals surface area contributed by atoms with Gasteiger partial charge in [-0.05, 0) is 97.6 Å². The molecule has 0 spiro atoms. The Morgan fingerprint density at radius 3 is 1.56 bits per heavy atom. The molecule has 0 radical (unpaired) electrons. The van der Waals surface area contributed by atoms with E-state index in [9.17, 15) is 0 Å². The van der Waals surface area contributed by atoms with Crippen molar-refractivity contribution in [2.24, 2.45) is 0 Å². The Kier molecular flexibility index (Phi) is 13.8. The Bertz CT molecular complexity index is 3700. The van der Waals surface area contributed by atoms with E-state index in [0.29, 0.717) is 11.5 Å². The molecule has 1 aliphatic heterocycles. The second kappa shape index (κ2) is 20.0. The molecule has 0 unspecified atom stereocenters. The number of pyridine rings is 1. The number of benzene rings is 8. The van der Waals surface area contributed by atoms with Crippen molar-refractivity contribution < 1.29 is 25.8 Å². The van der Waals surface area contributed by atoms with Crippen molar-refractivity contribution in [1.29, 1.82) is 0 Å². The van der Waals surface area contributed by atoms with E-state index >= 15 is 0 Å². The zero-order valence-corrected chi connectivity index (χ0v) is 48.8. The van der Waals surface area contributed by atoms with Gasteiger partial charge in [0, 0.05) is 77.6 Å². The Labute approximate surface area is 471 Å². The third-order valence-corrected chi connectivity index (χ3v) is 16.1. The van der Waals surface area contributed by atoms with Crippen molar-refractivity contribution in [3.05, 3.63) is 258 Å². The molecule has 0 aliphatic carbocycles. The van der Waals surface area contributed by atoms with Crippen LogP contribution in [0.1, 0.15) is 128 Å². The van der Waals surface area contributed by atoms with E-state index in [0.717, 1.165) is 55.9 Å². The van der Waals surface area contributed by atoms with Crippen LogP contribution in [0, 0.1) is 18.8 Å². The molecule has 392 valence electrons. The van der Waals surface area contributed by atoms with Gasteiger partial charge < -0.3 is 19.1 Å². The van der Waals surface area contributed by atoms with Gasteiger partial charge in [0.15, 0.2) is 0 Å². The molecule has 8 aromatic carbocycles. The Morgan fingerprint density at radius 2 is 0.974 bits per heavy atom. The van der Waals surface area contributed by atoms with Gasteiger partial charge >= 0.3 is 0 Å². The van der Waals surface area contributed by atoms with Gasteiger partial charge in [-0.3, -0.25) is 0 Å². The van der Waals surface area contributed by atoms with Crippen LogP contribution >= 0.6 is 0 Å². The quantitative estimate of drug-likeness (QED) is 0.121. The van der Waals surface area contributed by atoms with E-state index in [1.165, 1.54) is 38.9 Å². The molecule has 1 aliphatic rings. The number of rotatable bonds is 11. The number of aromatic nitrogens is 2. The summed E-state index contributed by atoms with van der Waals surface area (Å²) in [5.74, 6) is 2.04. The van der Waals surface area contributed by atoms with E-state index in [1.807, 2.05) is 12.3 Å². The molecule has 2 aromatic heterocycles. The molecule has 77 heavy (non-hydrogen) atoms. The third-order valence-electron chi connectivity index (χ3n) is 16.1. The monoisotopic (exact) mass is 1190 g/mol. The van der Waals surface area contributed by atoms with Crippen LogP contribution in [0.3, 0.4) is 0 Å². The van der Waals surface area contributed by atoms with Crippen molar-refractivity contribution in [2.45, 2.75) is 110 Å². The fourth-order valence-electron chi connectivity index (χ4n) is 10.9. The third kappa shape index (κ3) is 9.93. The summed E-state index contributed by atoms with van der Waals surface area (Å²) in [6.07, 6.45) is 1.93. The SMILES string of the molecule is CC(C)(C)c1cc(Oc2[c-]c3c(cc2)c2ccccc2n3-c2cc(C(C)(C)c3ccccc3)ccn2)[c-]c(N2[CH-]N(c3cc(C(C)(C)c4ccccc4)cc(C(C)(C)c4ccccc4)c3)c3ccc(C(C)(C)C)cc32)c1.[Pt]. The summed E-state index contributed by atoms with van der Waals surface area (Å²) in [6.45, 7) is 29.8. The summed E-state index contributed by atoms with van der Waals surface area (Å²) < 4.78 is 9.24. The van der Waals surface area contributed by atoms with Crippen LogP contribution < -0.4 is 14.5 Å². The Balaban J connectivity index is 0.00000672. The molecular formula is C71H69N4OPt-3. The average Bonchev–Trinajstić information content (AvgIpc) is 4.00. The van der Waals surface area contributed by atoms with E-state index in [4.69, 9.17) is 9.72 Å². The first-order valence-electron chi connectivity index (χ1n) is 26.8. The van der Waals surface area contributed by atoms with Crippen LogP contribution in [0.2, 0.25) is 0 Å². The molecule has 0 saturated heterocycles. The van der Waals surface area contributed by atoms with E-state index in [1.54, 1.807) is 0 Å². The predicted octanol–water partition coefficient (Wildman–Crippen LogP) is 18.6. The number of anilines is 4. The molecular weight excluding hydrogens is 1120 g/mol. The smallest absolute Gasteiger partial charge is 0.135 e. The molecule has 0 fully saturated rings. The maximum absolute atomic E-state index is 7.01. The molecule has 0 bridgehead atoms. The van der Waals surface area contributed by atoms with Gasteiger partial charge in [0.1, 0.15) is 5.82 Å². The van der Waals surface area contributed by atoms with Crippen LogP contribution in [0.25, 0.3) is 27.6 Å². The van der Waals surface area contributed by atoms with Crippen LogP contribution in [0.15, 0.2) is 194 Å². The first kappa shape index (κ1) is 53.2. The fourth-order valence-corrected chi connectivity index (χ4v) is 10.9. The molecule has 0 amide bonds. The van der Waals surface area contributed by atoms with Gasteiger partial charge in [0.25, 0.3) is 0 Å². The summed E-state index contributed by atoms with van der Waals surface area (Å²) in [6, 6.07) is 75.7. The molecule has 5 nitrogen and oxygen atoms in total. The maximum Gasteiger partial charge on any atom is 0.135 e. The van der Waals surface area contributed by atoms with Gasteiger partial charge in [0.05, 0.1) is 0 Å². The molecule has 0 atom stereocenters. The van der Waals surface area contributed by atoms with E-state index in [2.05, 4.69) is 298 Å². The summed E-state index contributed by atoms with van der Waals surface area (Å²) in [4.78, 5) is 9.69. The fraction of sp³-hybridized carbons (Fsp3) is 0.239. The summed E-state index contributed by atoms with van der Waals surface area (Å²) in [7, 11) is 0. The van der Waals surface area contributed by atoms with Crippen LogP contribution in [0.5, 0.6) is 11.5 Å². The first-order chi connectivity index (χ1) is 36.2. The standard InChI is InChI=1S/C71H69N4O.Pt/c1-67(2,3)51-32-35-63-65(43-51)74(47-73(63)56-40-54(70(9,10)49-26-18-14-19-27-49)38-55(41-56)71(11,12)50-28-20-15-21-29-50)57-39-53(68(4,5)6)42-59(45-57)76-58-33-34-61-60-30-22-23-31-62(60)75(64(61)46-58)66-44-52(36-37-72-66)69(7,8)48-24-16-13-17-25-48;/h13-44,47H,1-12H3;/q-3;. The first-order valence-corrected chi connectivity index (χ1v) is 26.8. The number of hydrogen-bond donors (Lipinski definition) is 0. The largest absolute Gasteiger partial charge is 0.509 e. The van der Waals surface area contributed by atoms with Crippen molar-refractivity contribution in [3.63, 3.8) is 0 Å². The van der Waals surface area contributed by atoms with Gasteiger partial charge in [-0.25, -0.2) is 4.98 Å². The normalized spacial score (nSPS) is 13.2. The maximum atomic E-state index is 7.01. The van der Waals surface area contributed by atoms with E-state index < -0.39 is 0 Å². The number of nitrogens with zero attached hydrogens (tertiary/aromatic N) is 4. The van der Waals surface area contributed by atoms with Gasteiger partial charge in [0.2, 0.25) is 0 Å². The molecule has 6 heteroatoms. The number of ether oxygens (including phenoxy) is 1. The Morgan fingerprint density at radius 1 is 0.416 bits per heavy atom. The van der Waals surface area contributed by atoms with Gasteiger partial charge in [-0.2, -0.15) is 6.07 Å². The predicted molar refractivity (Wildman–Crippen MR) is 317 cm³/mol. The topological polar surface area (TPSA) is 33.5 Å². The number of hydrogen-bond acceptors (Lipinski definition) is 4. The summed E-state index contributed by atoms with van der Waals surface area (Å²) in [5.41, 5.74) is 14.9. The number of fused-ring (bicyclic) bond motifs is 4. The summed E-state index contributed by atoms with van der Waals surface area (Å²) >= 11 is 0. The molecule has 0 N–H and O–H groups in total. The zero-order valence-electron chi connectivity index (χ0n) is 46.6. The van der Waals surface area contributed by atoms with E-state index in [-0.39, 0.29) is 48.1 Å². The minimum atomic E-state index is -0.285. The zero-order chi connectivity index (χ0) is 53.4. The van der Waals surface area contributed by atoms with Gasteiger partial charge in [-0.15, -0.1) is 53.6 Å². The van der Waals surface area contributed by atoms with Gasteiger partial charge in [-0.1, -0.05) is 210 Å². The second-order valence-corrected chi connectivity index (χ2v) is 24.4. The van der Waals surface area contributed by atoms with Crippen molar-refractivity contribution in [1.82, 2.24) is 9.55 Å². The van der Waals surface area contributed by atoms with Crippen LogP contribution in [-0.2, 0) is 48.1 Å². The van der Waals surface area contributed by atoms with Crippen molar-refractivity contribution in [3.8, 4) is 17.3 Å². The van der Waals surface area contributed by atoms with Crippen molar-refractivity contribution in [2.75, 3.05) is 9.80 Å². The molecule has 3 heterocycles. The van der Waals surface area contributed by atoms with Crippen LogP contribution in [0.4, 0.5) is 22.7 Å². The molecule has 10 aromatic rings. The Hall–Kier alpha value is -7.20.